The first-order valence-electron chi connectivity index (χ1n) is 4.38. The molecule has 0 aromatic rings. The highest BCUT2D eigenvalue weighted by atomic mass is 32.2. The van der Waals surface area contributed by atoms with Gasteiger partial charge >= 0.3 is 5.97 Å². The van der Waals surface area contributed by atoms with Gasteiger partial charge in [-0.1, -0.05) is 13.8 Å². The van der Waals surface area contributed by atoms with Crippen LogP contribution >= 0.6 is 11.8 Å². The largest absolute Gasteiger partial charge is 0.480 e. The first-order valence-corrected chi connectivity index (χ1v) is 5.26. The maximum Gasteiger partial charge on any atom is 0.319 e. The van der Waals surface area contributed by atoms with Crippen LogP contribution in [-0.4, -0.2) is 21.1 Å². The van der Waals surface area contributed by atoms with E-state index in [0.29, 0.717) is 11.2 Å². The van der Waals surface area contributed by atoms with Gasteiger partial charge in [0.1, 0.15) is 4.75 Å². The Kier molecular flexibility index (Phi) is 2.71. The minimum atomic E-state index is -0.649. The first-order chi connectivity index (χ1) is 5.47. The molecule has 12 heavy (non-hydrogen) atoms. The fourth-order valence-corrected chi connectivity index (χ4v) is 2.95. The topological polar surface area (TPSA) is 37.3 Å². The summed E-state index contributed by atoms with van der Waals surface area (Å²) in [6.07, 6.45) is 2.17. The minimum absolute atomic E-state index is 0.395. The van der Waals surface area contributed by atoms with E-state index in [1.807, 2.05) is 20.8 Å². The highest BCUT2D eigenvalue weighted by Gasteiger charge is 2.48. The molecule has 3 heteroatoms. The van der Waals surface area contributed by atoms with Gasteiger partial charge in [0.15, 0.2) is 0 Å². The summed E-state index contributed by atoms with van der Waals surface area (Å²) in [5, 5.41) is 9.47. The van der Waals surface area contributed by atoms with Crippen LogP contribution in [0.3, 0.4) is 0 Å². The number of thioether (sulfide) groups is 1. The summed E-state index contributed by atoms with van der Waals surface area (Å²) < 4.78 is -0.534. The molecule has 1 saturated carbocycles. The van der Waals surface area contributed by atoms with Crippen molar-refractivity contribution in [2.45, 2.75) is 43.6 Å². The molecular weight excluding hydrogens is 172 g/mol. The van der Waals surface area contributed by atoms with Crippen LogP contribution in [0.5, 0.6) is 0 Å². The molecule has 0 bridgehead atoms. The van der Waals surface area contributed by atoms with Crippen LogP contribution in [0.4, 0.5) is 0 Å². The van der Waals surface area contributed by atoms with Crippen molar-refractivity contribution in [1.82, 2.24) is 0 Å². The van der Waals surface area contributed by atoms with E-state index < -0.39 is 10.7 Å². The van der Waals surface area contributed by atoms with Crippen LogP contribution in [0.1, 0.15) is 33.6 Å². The Morgan fingerprint density at radius 1 is 1.58 bits per heavy atom. The molecule has 0 radical (unpaired) electrons. The van der Waals surface area contributed by atoms with Gasteiger partial charge in [-0.05, 0) is 25.7 Å². The molecule has 0 spiro atoms. The standard InChI is InChI=1S/C9H16O2S/c1-6(2)12-9(3,8(10)11)7-4-5-7/h6-7H,4-5H2,1-3H3,(H,10,11). The smallest absolute Gasteiger partial charge is 0.319 e. The van der Waals surface area contributed by atoms with Crippen molar-refractivity contribution in [3.8, 4) is 0 Å². The Bertz CT molecular complexity index is 187. The van der Waals surface area contributed by atoms with Gasteiger partial charge in [-0.25, -0.2) is 0 Å². The zero-order valence-electron chi connectivity index (χ0n) is 7.83. The maximum absolute atomic E-state index is 11.0. The summed E-state index contributed by atoms with van der Waals surface area (Å²) >= 11 is 1.58. The highest BCUT2D eigenvalue weighted by molar-refractivity contribution is 8.01. The molecular formula is C9H16O2S. The first kappa shape index (κ1) is 9.90. The van der Waals surface area contributed by atoms with Crippen molar-refractivity contribution in [2.75, 3.05) is 0 Å². The van der Waals surface area contributed by atoms with Crippen molar-refractivity contribution in [2.24, 2.45) is 5.92 Å². The van der Waals surface area contributed by atoms with Crippen LogP contribution in [0.15, 0.2) is 0 Å². The zero-order valence-corrected chi connectivity index (χ0v) is 8.65. The maximum atomic E-state index is 11.0. The van der Waals surface area contributed by atoms with E-state index in [1.54, 1.807) is 11.8 Å². The number of hydrogen-bond donors (Lipinski definition) is 1. The molecule has 1 aliphatic rings. The van der Waals surface area contributed by atoms with Crippen molar-refractivity contribution in [1.29, 1.82) is 0 Å². The lowest BCUT2D eigenvalue weighted by molar-refractivity contribution is -0.140. The predicted molar refractivity (Wildman–Crippen MR) is 51.5 cm³/mol. The third-order valence-corrected chi connectivity index (χ3v) is 3.73. The second-order valence-electron chi connectivity index (χ2n) is 3.85. The molecule has 0 aromatic carbocycles. The number of carboxylic acid groups (broad SMARTS) is 1. The van der Waals surface area contributed by atoms with E-state index in [4.69, 9.17) is 5.11 Å². The van der Waals surface area contributed by atoms with Gasteiger partial charge in [0, 0.05) is 5.25 Å². The predicted octanol–water partition coefficient (Wildman–Crippen LogP) is 2.38. The highest BCUT2D eigenvalue weighted by Crippen LogP contribution is 2.48. The average Bonchev–Trinajstić information content (AvgIpc) is 2.65. The van der Waals surface area contributed by atoms with Crippen LogP contribution in [0.2, 0.25) is 0 Å². The van der Waals surface area contributed by atoms with Crippen LogP contribution in [0.25, 0.3) is 0 Å². The summed E-state index contributed by atoms with van der Waals surface area (Å²) in [5.41, 5.74) is 0. The Morgan fingerprint density at radius 3 is 2.33 bits per heavy atom. The Labute approximate surface area is 77.7 Å². The molecule has 0 heterocycles. The summed E-state index contributed by atoms with van der Waals surface area (Å²) in [7, 11) is 0. The summed E-state index contributed by atoms with van der Waals surface area (Å²) in [4.78, 5) is 11.0. The van der Waals surface area contributed by atoms with E-state index in [9.17, 15) is 4.79 Å². The second-order valence-corrected chi connectivity index (χ2v) is 5.88. The molecule has 0 aliphatic heterocycles. The van der Waals surface area contributed by atoms with E-state index in [1.165, 1.54) is 0 Å². The molecule has 0 saturated heterocycles. The molecule has 1 fully saturated rings. The quantitative estimate of drug-likeness (QED) is 0.736. The summed E-state index contributed by atoms with van der Waals surface area (Å²) in [5.74, 6) is -0.244. The van der Waals surface area contributed by atoms with Gasteiger partial charge in [-0.2, -0.15) is 0 Å². The molecule has 0 aromatic heterocycles. The zero-order chi connectivity index (χ0) is 9.35. The molecule has 1 unspecified atom stereocenters. The van der Waals surface area contributed by atoms with Crippen molar-refractivity contribution in [3.63, 3.8) is 0 Å². The molecule has 1 atom stereocenters. The minimum Gasteiger partial charge on any atom is -0.480 e. The van der Waals surface area contributed by atoms with Gasteiger partial charge in [0.2, 0.25) is 0 Å². The lowest BCUT2D eigenvalue weighted by atomic mass is 10.1. The van der Waals surface area contributed by atoms with E-state index in [0.717, 1.165) is 12.8 Å². The third-order valence-electron chi connectivity index (χ3n) is 2.26. The van der Waals surface area contributed by atoms with Gasteiger partial charge in [0.25, 0.3) is 0 Å². The number of rotatable bonds is 4. The number of aliphatic carboxylic acids is 1. The summed E-state index contributed by atoms with van der Waals surface area (Å²) in [6, 6.07) is 0. The van der Waals surface area contributed by atoms with Gasteiger partial charge in [0.05, 0.1) is 0 Å². The molecule has 1 aliphatic carbocycles. The molecule has 1 rings (SSSR count). The van der Waals surface area contributed by atoms with Crippen LogP contribution in [0, 0.1) is 5.92 Å². The molecule has 2 nitrogen and oxygen atoms in total. The van der Waals surface area contributed by atoms with E-state index >= 15 is 0 Å². The van der Waals surface area contributed by atoms with Gasteiger partial charge in [-0.3, -0.25) is 4.79 Å². The van der Waals surface area contributed by atoms with Gasteiger partial charge < -0.3 is 5.11 Å². The number of carbonyl (C=O) groups is 1. The van der Waals surface area contributed by atoms with Crippen LogP contribution in [-0.2, 0) is 4.79 Å². The number of hydrogen-bond acceptors (Lipinski definition) is 2. The molecule has 70 valence electrons. The Morgan fingerprint density at radius 2 is 2.08 bits per heavy atom. The average molecular weight is 188 g/mol. The van der Waals surface area contributed by atoms with Crippen molar-refractivity contribution in [3.05, 3.63) is 0 Å². The second kappa shape index (κ2) is 3.29. The van der Waals surface area contributed by atoms with Gasteiger partial charge in [-0.15, -0.1) is 11.8 Å². The van der Waals surface area contributed by atoms with Crippen molar-refractivity contribution < 1.29 is 9.90 Å². The van der Waals surface area contributed by atoms with E-state index in [-0.39, 0.29) is 0 Å². The summed E-state index contributed by atoms with van der Waals surface area (Å²) in [6.45, 7) is 5.96. The monoisotopic (exact) mass is 188 g/mol. The fourth-order valence-electron chi connectivity index (χ4n) is 1.45. The molecule has 1 N–H and O–H groups in total. The lowest BCUT2D eigenvalue weighted by Gasteiger charge is -2.25. The van der Waals surface area contributed by atoms with E-state index in [2.05, 4.69) is 0 Å². The fraction of sp³-hybridized carbons (Fsp3) is 0.889. The van der Waals surface area contributed by atoms with Crippen molar-refractivity contribution >= 4 is 17.7 Å². The third kappa shape index (κ3) is 1.94. The normalized spacial score (nSPS) is 22.3. The number of carboxylic acids is 1. The van der Waals surface area contributed by atoms with Crippen LogP contribution < -0.4 is 0 Å². The Hall–Kier alpha value is -0.180. The molecule has 0 amide bonds. The Balaban J connectivity index is 2.64. The lowest BCUT2D eigenvalue weighted by Crippen LogP contribution is -2.35. The SMILES string of the molecule is CC(C)SC(C)(C(=O)O)C1CC1.